The molecule has 0 aliphatic heterocycles. The van der Waals surface area contributed by atoms with E-state index in [1.54, 1.807) is 4.57 Å². The molecule has 0 saturated carbocycles. The van der Waals surface area contributed by atoms with Crippen molar-refractivity contribution in [1.29, 1.82) is 0 Å². The molecule has 0 radical (unpaired) electrons. The van der Waals surface area contributed by atoms with E-state index in [0.717, 1.165) is 0 Å². The number of nitrogens with zero attached hydrogens (tertiary/aromatic N) is 4. The monoisotopic (exact) mass is 267 g/mol. The van der Waals surface area contributed by atoms with Crippen molar-refractivity contribution in [2.75, 3.05) is 12.3 Å². The Morgan fingerprint density at radius 1 is 1.56 bits per heavy atom. The van der Waals surface area contributed by atoms with Crippen LogP contribution in [0.4, 0.5) is 5.82 Å². The molecule has 1 atom stereocenters. The van der Waals surface area contributed by atoms with Gasteiger partial charge in [0.2, 0.25) is 0 Å². The zero-order valence-electron chi connectivity index (χ0n) is 9.22. The molecule has 0 aliphatic rings. The fraction of sp³-hybridized carbons (Fsp3) is 0.333. The zero-order chi connectivity index (χ0) is 13.0. The first-order valence-electron chi connectivity index (χ1n) is 5.01. The third-order valence-electron chi connectivity index (χ3n) is 2.29. The van der Waals surface area contributed by atoms with Gasteiger partial charge >= 0.3 is 102 Å². The molecule has 8 nitrogen and oxygen atoms in total. The van der Waals surface area contributed by atoms with Crippen molar-refractivity contribution in [1.82, 2.24) is 19.5 Å². The number of aliphatic hydroxyl groups is 1. The topological polar surface area (TPSA) is 116 Å². The average molecular weight is 267 g/mol. The molecule has 0 saturated heterocycles. The molecule has 0 aliphatic carbocycles. The number of nitrogens with two attached hydrogens (primary N) is 1. The second-order valence-electron chi connectivity index (χ2n) is 3.43. The minimum absolute atomic E-state index is 0.247. The van der Waals surface area contributed by atoms with Gasteiger partial charge in [0.05, 0.1) is 0 Å². The van der Waals surface area contributed by atoms with Crippen LogP contribution < -0.4 is 5.73 Å². The molecule has 3 N–H and O–H groups in total. The maximum atomic E-state index is 10.2. The fourth-order valence-electron chi connectivity index (χ4n) is 1.48. The molecule has 94 valence electrons. The molecule has 0 bridgehead atoms. The van der Waals surface area contributed by atoms with Crippen LogP contribution in [0.3, 0.4) is 0 Å². The molecule has 0 aromatic carbocycles. The SMILES string of the molecule is Nc1ncnc2c1ncn2CC(CO)OC#P=O. The first-order valence-corrected chi connectivity index (χ1v) is 5.82. The number of rotatable bonds is 4. The summed E-state index contributed by atoms with van der Waals surface area (Å²) in [6.45, 7) is 0.0364. The Hall–Kier alpha value is -1.72. The van der Waals surface area contributed by atoms with Crippen molar-refractivity contribution >= 4 is 24.9 Å². The van der Waals surface area contributed by atoms with Gasteiger partial charge in [-0.25, -0.2) is 0 Å². The van der Waals surface area contributed by atoms with E-state index >= 15 is 0 Å². The van der Waals surface area contributed by atoms with Gasteiger partial charge in [-0.15, -0.1) is 0 Å². The van der Waals surface area contributed by atoms with E-state index < -0.39 is 6.10 Å². The van der Waals surface area contributed by atoms with Crippen LogP contribution in [0, 0.1) is 5.81 Å². The Bertz CT molecular complexity index is 652. The number of aromatic nitrogens is 4. The van der Waals surface area contributed by atoms with Gasteiger partial charge < -0.3 is 0 Å². The summed E-state index contributed by atoms with van der Waals surface area (Å²) >= 11 is 0. The second kappa shape index (κ2) is 5.75. The molecule has 0 spiro atoms. The summed E-state index contributed by atoms with van der Waals surface area (Å²) in [5.74, 6) is 2.42. The van der Waals surface area contributed by atoms with Crippen LogP contribution in [0.15, 0.2) is 12.7 Å². The number of ether oxygens (including phenoxy) is 1. The number of imidazole rings is 1. The summed E-state index contributed by atoms with van der Waals surface area (Å²) < 4.78 is 16.8. The summed E-state index contributed by atoms with van der Waals surface area (Å²) in [6.07, 6.45) is 2.27. The number of fused-ring (bicyclic) bond motifs is 1. The van der Waals surface area contributed by atoms with E-state index in [2.05, 4.69) is 20.8 Å². The van der Waals surface area contributed by atoms with E-state index in [9.17, 15) is 4.57 Å². The quantitative estimate of drug-likeness (QED) is 0.748. The molecule has 9 heteroatoms. The van der Waals surface area contributed by atoms with Crippen molar-refractivity contribution in [3.8, 4) is 5.81 Å². The summed E-state index contributed by atoms with van der Waals surface area (Å²) in [4.78, 5) is 12.0. The van der Waals surface area contributed by atoms with Crippen LogP contribution in [-0.4, -0.2) is 37.3 Å². The van der Waals surface area contributed by atoms with Crippen LogP contribution in [0.25, 0.3) is 11.2 Å². The number of hydrogen-bond acceptors (Lipinski definition) is 7. The number of hydrogen-bond donors (Lipinski definition) is 2. The van der Waals surface area contributed by atoms with E-state index in [0.29, 0.717) is 11.2 Å². The van der Waals surface area contributed by atoms with Crippen molar-refractivity contribution in [2.45, 2.75) is 12.6 Å². The van der Waals surface area contributed by atoms with Crippen molar-refractivity contribution in [3.05, 3.63) is 12.7 Å². The Morgan fingerprint density at radius 3 is 3.11 bits per heavy atom. The van der Waals surface area contributed by atoms with Gasteiger partial charge in [-0.3, -0.25) is 0 Å². The van der Waals surface area contributed by atoms with Crippen LogP contribution in [0.1, 0.15) is 0 Å². The molecule has 2 rings (SSSR count). The van der Waals surface area contributed by atoms with Crippen molar-refractivity contribution in [3.63, 3.8) is 0 Å². The average Bonchev–Trinajstić information content (AvgIpc) is 2.79. The van der Waals surface area contributed by atoms with Crippen molar-refractivity contribution < 1.29 is 14.4 Å². The number of nitrogen functional groups attached to an aromatic ring is 1. The van der Waals surface area contributed by atoms with E-state index in [4.69, 9.17) is 15.6 Å². The zero-order valence-corrected chi connectivity index (χ0v) is 10.1. The van der Waals surface area contributed by atoms with Crippen LogP contribution in [0.2, 0.25) is 0 Å². The second-order valence-corrected chi connectivity index (χ2v) is 3.80. The Kier molecular flexibility index (Phi) is 4.07. The fourth-order valence-corrected chi connectivity index (χ4v) is 1.67. The molecule has 2 aromatic heterocycles. The van der Waals surface area contributed by atoms with E-state index in [1.165, 1.54) is 12.7 Å². The Balaban J connectivity index is 2.27. The molecule has 0 fully saturated rings. The standard InChI is InChI=1S/C9H10N5O3P/c10-8-7-9(12-3-11-8)14(4-13-7)1-6(2-15)17-5-18-16/h3-4,6,15H,1-2H2,(H2,10,11,12). The number of aliphatic hydroxyl groups excluding tert-OH is 1. The van der Waals surface area contributed by atoms with E-state index in [-0.39, 0.29) is 26.9 Å². The van der Waals surface area contributed by atoms with E-state index in [1.807, 2.05) is 0 Å². The maximum absolute atomic E-state index is 10.2. The first kappa shape index (κ1) is 12.7. The van der Waals surface area contributed by atoms with Gasteiger partial charge in [-0.1, -0.05) is 0 Å². The molecule has 0 amide bonds. The van der Waals surface area contributed by atoms with Gasteiger partial charge in [0, 0.05) is 0 Å². The Morgan fingerprint density at radius 2 is 2.39 bits per heavy atom. The number of anilines is 1. The van der Waals surface area contributed by atoms with Crippen LogP contribution in [-0.2, 0) is 15.8 Å². The van der Waals surface area contributed by atoms with Gasteiger partial charge in [-0.05, 0) is 0 Å². The predicted octanol–water partition coefficient (Wildman–Crippen LogP) is -0.00560. The third-order valence-corrected chi connectivity index (χ3v) is 2.47. The molecule has 18 heavy (non-hydrogen) atoms. The molecule has 2 heterocycles. The molecule has 2 aromatic rings. The first-order chi connectivity index (χ1) is 8.76. The molecule has 1 unspecified atom stereocenters. The summed E-state index contributed by atoms with van der Waals surface area (Å²) in [5.41, 5.74) is 6.69. The summed E-state index contributed by atoms with van der Waals surface area (Å²) in [6, 6.07) is 0. The molecular weight excluding hydrogens is 257 g/mol. The normalized spacial score (nSPS) is 12.3. The third kappa shape index (κ3) is 2.57. The van der Waals surface area contributed by atoms with Crippen LogP contribution >= 0.6 is 7.92 Å². The summed E-state index contributed by atoms with van der Waals surface area (Å²) in [7, 11) is -0.371. The van der Waals surface area contributed by atoms with Crippen LogP contribution in [0.5, 0.6) is 0 Å². The van der Waals surface area contributed by atoms with Gasteiger partial charge in [0.25, 0.3) is 0 Å². The van der Waals surface area contributed by atoms with Crippen molar-refractivity contribution in [2.24, 2.45) is 0 Å². The van der Waals surface area contributed by atoms with Gasteiger partial charge in [0.15, 0.2) is 0 Å². The van der Waals surface area contributed by atoms with Gasteiger partial charge in [0.1, 0.15) is 0 Å². The Labute approximate surface area is 103 Å². The minimum atomic E-state index is -0.583. The van der Waals surface area contributed by atoms with Gasteiger partial charge in [-0.2, -0.15) is 0 Å². The molecular formula is C9H10N5O3P. The summed E-state index contributed by atoms with van der Waals surface area (Å²) in [5, 5.41) is 9.12. The predicted molar refractivity (Wildman–Crippen MR) is 63.2 cm³/mol.